The maximum atomic E-state index is 6.80. The van der Waals surface area contributed by atoms with Gasteiger partial charge in [-0.05, 0) is 35.4 Å². The fraction of sp³-hybridized carbons (Fsp3) is 0.0714. The average molecular weight is 460 g/mol. The molecule has 3 aromatic heterocycles. The Balaban J connectivity index is 1.60. The SMILES string of the molecule is Nc1c(N(Cc2ccccc2)c2ccccn2)ncnc1N(Cc1ccccc1)c1ccccn1. The molecule has 35 heavy (non-hydrogen) atoms. The zero-order valence-corrected chi connectivity index (χ0v) is 19.1. The molecule has 7 nitrogen and oxygen atoms in total. The van der Waals surface area contributed by atoms with E-state index in [2.05, 4.69) is 44.2 Å². The van der Waals surface area contributed by atoms with Crippen LogP contribution in [-0.4, -0.2) is 19.9 Å². The third kappa shape index (κ3) is 5.09. The molecular formula is C28H25N7. The number of rotatable bonds is 8. The highest BCUT2D eigenvalue weighted by Gasteiger charge is 2.23. The number of hydrogen-bond donors (Lipinski definition) is 1. The van der Waals surface area contributed by atoms with Gasteiger partial charge in [0.1, 0.15) is 23.7 Å². The van der Waals surface area contributed by atoms with Crippen molar-refractivity contribution in [3.05, 3.63) is 127 Å². The number of aromatic nitrogens is 4. The van der Waals surface area contributed by atoms with Gasteiger partial charge >= 0.3 is 0 Å². The smallest absolute Gasteiger partial charge is 0.163 e. The lowest BCUT2D eigenvalue weighted by Crippen LogP contribution is -2.24. The molecule has 0 spiro atoms. The summed E-state index contributed by atoms with van der Waals surface area (Å²) in [6, 6.07) is 31.9. The highest BCUT2D eigenvalue weighted by molar-refractivity contribution is 5.81. The molecule has 7 heteroatoms. The lowest BCUT2D eigenvalue weighted by molar-refractivity contribution is 0.892. The van der Waals surface area contributed by atoms with E-state index in [1.54, 1.807) is 18.7 Å². The van der Waals surface area contributed by atoms with E-state index in [9.17, 15) is 0 Å². The van der Waals surface area contributed by atoms with Crippen LogP contribution in [0.1, 0.15) is 11.1 Å². The van der Waals surface area contributed by atoms with Crippen molar-refractivity contribution in [3.63, 3.8) is 0 Å². The predicted octanol–water partition coefficient (Wildman–Crippen LogP) is 5.53. The van der Waals surface area contributed by atoms with E-state index in [1.807, 2.05) is 82.6 Å². The van der Waals surface area contributed by atoms with Gasteiger partial charge in [-0.25, -0.2) is 19.9 Å². The Morgan fingerprint density at radius 3 is 1.34 bits per heavy atom. The van der Waals surface area contributed by atoms with E-state index >= 15 is 0 Å². The molecule has 0 bridgehead atoms. The molecule has 0 aliphatic rings. The van der Waals surface area contributed by atoms with Gasteiger partial charge < -0.3 is 15.5 Å². The average Bonchev–Trinajstić information content (AvgIpc) is 2.93. The summed E-state index contributed by atoms with van der Waals surface area (Å²) in [6.07, 6.45) is 5.07. The van der Waals surface area contributed by atoms with Gasteiger partial charge in [0, 0.05) is 12.4 Å². The van der Waals surface area contributed by atoms with Crippen molar-refractivity contribution in [1.82, 2.24) is 19.9 Å². The van der Waals surface area contributed by atoms with E-state index in [1.165, 1.54) is 0 Å². The molecule has 5 aromatic rings. The van der Waals surface area contributed by atoms with Gasteiger partial charge in [0.05, 0.1) is 13.1 Å². The van der Waals surface area contributed by atoms with Crippen molar-refractivity contribution in [3.8, 4) is 0 Å². The molecule has 0 aliphatic carbocycles. The Hall–Kier alpha value is -4.78. The third-order valence-corrected chi connectivity index (χ3v) is 5.57. The van der Waals surface area contributed by atoms with Gasteiger partial charge in [-0.3, -0.25) is 0 Å². The Morgan fingerprint density at radius 2 is 0.943 bits per heavy atom. The van der Waals surface area contributed by atoms with Gasteiger partial charge in [0.15, 0.2) is 11.6 Å². The van der Waals surface area contributed by atoms with Crippen molar-refractivity contribution in [1.29, 1.82) is 0 Å². The quantitative estimate of drug-likeness (QED) is 0.327. The minimum Gasteiger partial charge on any atom is -0.393 e. The second kappa shape index (κ2) is 10.4. The zero-order valence-electron chi connectivity index (χ0n) is 19.1. The number of anilines is 5. The fourth-order valence-corrected chi connectivity index (χ4v) is 3.90. The van der Waals surface area contributed by atoms with E-state index in [0.29, 0.717) is 30.4 Å². The van der Waals surface area contributed by atoms with Crippen LogP contribution in [0.4, 0.5) is 29.0 Å². The first-order valence-electron chi connectivity index (χ1n) is 11.3. The monoisotopic (exact) mass is 459 g/mol. The third-order valence-electron chi connectivity index (χ3n) is 5.57. The highest BCUT2D eigenvalue weighted by Crippen LogP contribution is 2.36. The summed E-state index contributed by atoms with van der Waals surface area (Å²) in [5.41, 5.74) is 9.49. The summed E-state index contributed by atoms with van der Waals surface area (Å²) < 4.78 is 0. The Labute approximate surface area is 204 Å². The maximum absolute atomic E-state index is 6.80. The van der Waals surface area contributed by atoms with Crippen LogP contribution in [0.15, 0.2) is 116 Å². The van der Waals surface area contributed by atoms with E-state index < -0.39 is 0 Å². The molecule has 0 saturated carbocycles. The molecular weight excluding hydrogens is 434 g/mol. The molecule has 0 amide bonds. The van der Waals surface area contributed by atoms with E-state index in [-0.39, 0.29) is 0 Å². The molecule has 5 rings (SSSR count). The Bertz CT molecular complexity index is 1240. The van der Waals surface area contributed by atoms with Crippen molar-refractivity contribution < 1.29 is 0 Å². The molecule has 2 N–H and O–H groups in total. The minimum absolute atomic E-state index is 0.454. The zero-order chi connectivity index (χ0) is 23.9. The number of hydrogen-bond acceptors (Lipinski definition) is 7. The predicted molar refractivity (Wildman–Crippen MR) is 139 cm³/mol. The summed E-state index contributed by atoms with van der Waals surface area (Å²) in [7, 11) is 0. The minimum atomic E-state index is 0.454. The Kier molecular flexibility index (Phi) is 6.57. The molecule has 172 valence electrons. The molecule has 3 heterocycles. The fourth-order valence-electron chi connectivity index (χ4n) is 3.90. The molecule has 0 fully saturated rings. The van der Waals surface area contributed by atoms with Crippen LogP contribution in [0.25, 0.3) is 0 Å². The van der Waals surface area contributed by atoms with Crippen LogP contribution in [0.5, 0.6) is 0 Å². The topological polar surface area (TPSA) is 84.1 Å². The summed E-state index contributed by atoms with van der Waals surface area (Å²) in [4.78, 5) is 22.4. The molecule has 0 saturated heterocycles. The van der Waals surface area contributed by atoms with E-state index in [4.69, 9.17) is 5.73 Å². The first-order valence-corrected chi connectivity index (χ1v) is 11.3. The number of pyridine rings is 2. The second-order valence-corrected chi connectivity index (χ2v) is 7.95. The molecule has 0 aliphatic heterocycles. The van der Waals surface area contributed by atoms with Crippen molar-refractivity contribution in [2.45, 2.75) is 13.1 Å². The molecule has 2 aromatic carbocycles. The van der Waals surface area contributed by atoms with Crippen LogP contribution in [0.2, 0.25) is 0 Å². The van der Waals surface area contributed by atoms with E-state index in [0.717, 1.165) is 22.8 Å². The van der Waals surface area contributed by atoms with Crippen LogP contribution in [-0.2, 0) is 13.1 Å². The van der Waals surface area contributed by atoms with Crippen LogP contribution < -0.4 is 15.5 Å². The summed E-state index contributed by atoms with van der Waals surface area (Å²) in [6.45, 7) is 1.11. The van der Waals surface area contributed by atoms with Crippen molar-refractivity contribution >= 4 is 29.0 Å². The number of benzene rings is 2. The highest BCUT2D eigenvalue weighted by atomic mass is 15.3. The van der Waals surface area contributed by atoms with Gasteiger partial charge in [0.2, 0.25) is 0 Å². The maximum Gasteiger partial charge on any atom is 0.163 e. The van der Waals surface area contributed by atoms with Gasteiger partial charge in [-0.15, -0.1) is 0 Å². The molecule has 0 atom stereocenters. The summed E-state index contributed by atoms with van der Waals surface area (Å²) in [5, 5.41) is 0. The first-order chi connectivity index (χ1) is 17.3. The normalized spacial score (nSPS) is 10.6. The second-order valence-electron chi connectivity index (χ2n) is 7.95. The van der Waals surface area contributed by atoms with Crippen LogP contribution in [0.3, 0.4) is 0 Å². The number of nitrogens with zero attached hydrogens (tertiary/aromatic N) is 6. The van der Waals surface area contributed by atoms with Crippen LogP contribution in [0, 0.1) is 0 Å². The van der Waals surface area contributed by atoms with Crippen LogP contribution >= 0.6 is 0 Å². The Morgan fingerprint density at radius 1 is 0.514 bits per heavy atom. The lowest BCUT2D eigenvalue weighted by Gasteiger charge is -2.28. The summed E-state index contributed by atoms with van der Waals surface area (Å²) >= 11 is 0. The lowest BCUT2D eigenvalue weighted by atomic mass is 10.2. The van der Waals surface area contributed by atoms with Gasteiger partial charge in [-0.2, -0.15) is 0 Å². The molecule has 0 radical (unpaired) electrons. The van der Waals surface area contributed by atoms with Gasteiger partial charge in [-0.1, -0.05) is 72.8 Å². The largest absolute Gasteiger partial charge is 0.393 e. The number of nitrogens with two attached hydrogens (primary N) is 1. The van der Waals surface area contributed by atoms with Gasteiger partial charge in [0.25, 0.3) is 0 Å². The first kappa shape index (κ1) is 22.0. The number of nitrogen functional groups attached to an aromatic ring is 1. The standard InChI is InChI=1S/C28H25N7/c29-26-27(34(24-15-7-9-17-30-24)19-22-11-3-1-4-12-22)32-21-33-28(26)35(25-16-8-10-18-31-25)20-23-13-5-2-6-14-23/h1-18,21H,19-20,29H2. The van der Waals surface area contributed by atoms with Crippen molar-refractivity contribution in [2.24, 2.45) is 0 Å². The molecule has 0 unspecified atom stereocenters. The van der Waals surface area contributed by atoms with Crippen molar-refractivity contribution in [2.75, 3.05) is 15.5 Å². The summed E-state index contributed by atoms with van der Waals surface area (Å²) in [5.74, 6) is 2.68.